The molecule has 0 saturated carbocycles. The summed E-state index contributed by atoms with van der Waals surface area (Å²) in [5, 5.41) is 3.24. The molecule has 0 radical (unpaired) electrons. The van der Waals surface area contributed by atoms with Crippen molar-refractivity contribution in [3.8, 4) is 0 Å². The van der Waals surface area contributed by atoms with Crippen LogP contribution in [-0.4, -0.2) is 5.78 Å². The average Bonchev–Trinajstić information content (AvgIpc) is 2.20. The minimum absolute atomic E-state index is 0.0328. The minimum Gasteiger partial charge on any atom is -0.398 e. The molecule has 92 valence electrons. The Bertz CT molecular complexity index is 487. The van der Waals surface area contributed by atoms with Gasteiger partial charge in [0.1, 0.15) is 0 Å². The van der Waals surface area contributed by atoms with E-state index >= 15 is 0 Å². The molecule has 0 unspecified atom stereocenters. The summed E-state index contributed by atoms with van der Waals surface area (Å²) < 4.78 is 0. The summed E-state index contributed by atoms with van der Waals surface area (Å²) in [6.45, 7) is 9.42. The summed E-state index contributed by atoms with van der Waals surface area (Å²) in [6, 6.07) is 2.05. The smallest absolute Gasteiger partial charge is 0.154 e. The van der Waals surface area contributed by atoms with Gasteiger partial charge in [0.2, 0.25) is 0 Å². The highest BCUT2D eigenvalue weighted by atomic mass is 16.1. The number of ketones is 1. The van der Waals surface area contributed by atoms with Crippen LogP contribution in [-0.2, 0) is 4.79 Å². The fourth-order valence-corrected chi connectivity index (χ4v) is 1.93. The Morgan fingerprint density at radius 2 is 1.82 bits per heavy atom. The van der Waals surface area contributed by atoms with Gasteiger partial charge in [-0.05, 0) is 57.4 Å². The standard InChI is InChI=1S/C14H20N2O/c1-8-6-9(2)14(12(5)13(8)15)16-10(3)7-11(4)17/h6-7,16H,15H2,1-5H3/b10-7-. The molecule has 0 heterocycles. The molecule has 0 aromatic heterocycles. The quantitative estimate of drug-likeness (QED) is 0.622. The second-order valence-electron chi connectivity index (χ2n) is 4.49. The summed E-state index contributed by atoms with van der Waals surface area (Å²) in [4.78, 5) is 11.0. The second-order valence-corrected chi connectivity index (χ2v) is 4.49. The van der Waals surface area contributed by atoms with Gasteiger partial charge in [-0.3, -0.25) is 4.79 Å². The number of nitrogen functional groups attached to an aromatic ring is 1. The predicted molar refractivity (Wildman–Crippen MR) is 73.1 cm³/mol. The van der Waals surface area contributed by atoms with Crippen molar-refractivity contribution >= 4 is 17.2 Å². The monoisotopic (exact) mass is 232 g/mol. The average molecular weight is 232 g/mol. The van der Waals surface area contributed by atoms with Crippen LogP contribution in [0.15, 0.2) is 17.8 Å². The summed E-state index contributed by atoms with van der Waals surface area (Å²) >= 11 is 0. The highest BCUT2D eigenvalue weighted by Gasteiger charge is 2.08. The van der Waals surface area contributed by atoms with Gasteiger partial charge in [-0.1, -0.05) is 6.07 Å². The molecule has 0 aliphatic carbocycles. The van der Waals surface area contributed by atoms with E-state index in [-0.39, 0.29) is 5.78 Å². The lowest BCUT2D eigenvalue weighted by molar-refractivity contribution is -0.112. The number of nitrogens with one attached hydrogen (secondary N) is 1. The summed E-state index contributed by atoms with van der Waals surface area (Å²) in [7, 11) is 0. The SMILES string of the molecule is CC(=O)/C=C(/C)Nc1c(C)cc(C)c(N)c1C. The first-order valence-corrected chi connectivity index (χ1v) is 5.65. The first-order chi connectivity index (χ1) is 7.82. The van der Waals surface area contributed by atoms with Crippen molar-refractivity contribution in [3.05, 3.63) is 34.5 Å². The molecule has 1 aromatic carbocycles. The number of aryl methyl sites for hydroxylation is 2. The highest BCUT2D eigenvalue weighted by Crippen LogP contribution is 2.29. The van der Waals surface area contributed by atoms with Gasteiger partial charge in [0.25, 0.3) is 0 Å². The molecular weight excluding hydrogens is 212 g/mol. The van der Waals surface area contributed by atoms with Gasteiger partial charge in [0.05, 0.1) is 0 Å². The van der Waals surface area contributed by atoms with E-state index in [0.717, 1.165) is 33.8 Å². The van der Waals surface area contributed by atoms with Crippen molar-refractivity contribution in [2.24, 2.45) is 0 Å². The third kappa shape index (κ3) is 3.09. The van der Waals surface area contributed by atoms with Gasteiger partial charge in [-0.25, -0.2) is 0 Å². The molecule has 3 heteroatoms. The number of nitrogens with two attached hydrogens (primary N) is 1. The van der Waals surface area contributed by atoms with Crippen LogP contribution in [0.3, 0.4) is 0 Å². The predicted octanol–water partition coefficient (Wildman–Crippen LogP) is 3.10. The Balaban J connectivity index is 3.16. The fraction of sp³-hybridized carbons (Fsp3) is 0.357. The maximum atomic E-state index is 11.0. The van der Waals surface area contributed by atoms with E-state index in [2.05, 4.69) is 5.32 Å². The molecule has 17 heavy (non-hydrogen) atoms. The van der Waals surface area contributed by atoms with Gasteiger partial charge in [-0.2, -0.15) is 0 Å². The lowest BCUT2D eigenvalue weighted by Crippen LogP contribution is -2.05. The van der Waals surface area contributed by atoms with E-state index in [4.69, 9.17) is 5.73 Å². The normalized spacial score (nSPS) is 11.5. The Morgan fingerprint density at radius 3 is 2.35 bits per heavy atom. The largest absolute Gasteiger partial charge is 0.398 e. The number of benzene rings is 1. The van der Waals surface area contributed by atoms with E-state index < -0.39 is 0 Å². The topological polar surface area (TPSA) is 55.1 Å². The fourth-order valence-electron chi connectivity index (χ4n) is 1.93. The van der Waals surface area contributed by atoms with E-state index in [0.29, 0.717) is 0 Å². The number of anilines is 2. The lowest BCUT2D eigenvalue weighted by Gasteiger charge is -2.16. The zero-order chi connectivity index (χ0) is 13.2. The Labute approximate surface area is 103 Å². The van der Waals surface area contributed by atoms with Gasteiger partial charge < -0.3 is 11.1 Å². The summed E-state index contributed by atoms with van der Waals surface area (Å²) in [6.07, 6.45) is 1.58. The van der Waals surface area contributed by atoms with E-state index in [1.807, 2.05) is 33.8 Å². The third-order valence-electron chi connectivity index (χ3n) is 2.77. The molecular formula is C14H20N2O. The molecule has 0 spiro atoms. The number of allylic oxidation sites excluding steroid dienone is 2. The maximum Gasteiger partial charge on any atom is 0.154 e. The zero-order valence-corrected chi connectivity index (χ0v) is 11.1. The van der Waals surface area contributed by atoms with Crippen molar-refractivity contribution in [2.45, 2.75) is 34.6 Å². The van der Waals surface area contributed by atoms with Crippen molar-refractivity contribution in [1.82, 2.24) is 0 Å². The molecule has 0 aliphatic rings. The van der Waals surface area contributed by atoms with Gasteiger partial charge in [0, 0.05) is 17.1 Å². The number of carbonyl (C=O) groups excluding carboxylic acids is 1. The van der Waals surface area contributed by atoms with Crippen LogP contribution in [0.4, 0.5) is 11.4 Å². The van der Waals surface area contributed by atoms with Crippen molar-refractivity contribution in [2.75, 3.05) is 11.1 Å². The van der Waals surface area contributed by atoms with E-state index in [1.165, 1.54) is 6.92 Å². The Kier molecular flexibility index (Phi) is 3.94. The second kappa shape index (κ2) is 5.04. The number of hydrogen-bond acceptors (Lipinski definition) is 3. The van der Waals surface area contributed by atoms with Gasteiger partial charge >= 0.3 is 0 Å². The van der Waals surface area contributed by atoms with Gasteiger partial charge in [-0.15, -0.1) is 0 Å². The molecule has 1 rings (SSSR count). The van der Waals surface area contributed by atoms with Crippen LogP contribution in [0.1, 0.15) is 30.5 Å². The van der Waals surface area contributed by atoms with Crippen LogP contribution in [0, 0.1) is 20.8 Å². The lowest BCUT2D eigenvalue weighted by atomic mass is 10.0. The summed E-state index contributed by atoms with van der Waals surface area (Å²) in [5.41, 5.74) is 11.9. The molecule has 1 aromatic rings. The highest BCUT2D eigenvalue weighted by molar-refractivity contribution is 5.88. The van der Waals surface area contributed by atoms with E-state index in [1.54, 1.807) is 6.08 Å². The zero-order valence-electron chi connectivity index (χ0n) is 11.1. The van der Waals surface area contributed by atoms with Crippen molar-refractivity contribution in [1.29, 1.82) is 0 Å². The van der Waals surface area contributed by atoms with Crippen LogP contribution in [0.25, 0.3) is 0 Å². The number of carbonyl (C=O) groups is 1. The van der Waals surface area contributed by atoms with Gasteiger partial charge in [0.15, 0.2) is 5.78 Å². The van der Waals surface area contributed by atoms with Crippen LogP contribution in [0.2, 0.25) is 0 Å². The molecule has 0 bridgehead atoms. The van der Waals surface area contributed by atoms with Crippen LogP contribution < -0.4 is 11.1 Å². The third-order valence-corrected chi connectivity index (χ3v) is 2.77. The number of hydrogen-bond donors (Lipinski definition) is 2. The first-order valence-electron chi connectivity index (χ1n) is 5.65. The molecule has 0 fully saturated rings. The van der Waals surface area contributed by atoms with Crippen molar-refractivity contribution in [3.63, 3.8) is 0 Å². The molecule has 3 nitrogen and oxygen atoms in total. The Hall–Kier alpha value is -1.77. The van der Waals surface area contributed by atoms with Crippen LogP contribution >= 0.6 is 0 Å². The molecule has 0 saturated heterocycles. The van der Waals surface area contributed by atoms with Crippen molar-refractivity contribution < 1.29 is 4.79 Å². The van der Waals surface area contributed by atoms with E-state index in [9.17, 15) is 4.79 Å². The molecule has 3 N–H and O–H groups in total. The first kappa shape index (κ1) is 13.3. The maximum absolute atomic E-state index is 11.0. The van der Waals surface area contributed by atoms with Crippen LogP contribution in [0.5, 0.6) is 0 Å². The number of rotatable bonds is 3. The Morgan fingerprint density at radius 1 is 1.24 bits per heavy atom. The molecule has 0 atom stereocenters. The minimum atomic E-state index is 0.0328. The molecule has 0 aliphatic heterocycles. The molecule has 0 amide bonds. The summed E-state index contributed by atoms with van der Waals surface area (Å²) in [5.74, 6) is 0.0328.